The zero-order valence-electron chi connectivity index (χ0n) is 7.45. The van der Waals surface area contributed by atoms with Crippen LogP contribution in [0.3, 0.4) is 0 Å². The summed E-state index contributed by atoms with van der Waals surface area (Å²) in [4.78, 5) is 0. The molecule has 0 aliphatic heterocycles. The second-order valence-electron chi connectivity index (χ2n) is 2.83. The van der Waals surface area contributed by atoms with Crippen LogP contribution in [0, 0.1) is 6.92 Å². The third-order valence-corrected chi connectivity index (χ3v) is 2.14. The molecule has 0 bridgehead atoms. The number of hydrogen-bond acceptors (Lipinski definition) is 3. The first-order valence-electron chi connectivity index (χ1n) is 4.10. The van der Waals surface area contributed by atoms with Crippen LogP contribution in [0.2, 0.25) is 5.15 Å². The van der Waals surface area contributed by atoms with Crippen molar-refractivity contribution in [1.82, 2.24) is 19.8 Å². The predicted molar refractivity (Wildman–Crippen MR) is 49.9 cm³/mol. The van der Waals surface area contributed by atoms with Crippen LogP contribution < -0.4 is 0 Å². The first-order chi connectivity index (χ1) is 6.22. The molecule has 0 aliphatic carbocycles. The molecule has 4 nitrogen and oxygen atoms in total. The zero-order valence-corrected chi connectivity index (χ0v) is 8.21. The van der Waals surface area contributed by atoms with E-state index in [2.05, 4.69) is 22.2 Å². The molecule has 0 N–H and O–H groups in total. The highest BCUT2D eigenvalue weighted by molar-refractivity contribution is 6.29. The number of aromatic nitrogens is 4. The average Bonchev–Trinajstić information content (AvgIpc) is 2.47. The van der Waals surface area contributed by atoms with Crippen molar-refractivity contribution in [2.24, 2.45) is 0 Å². The van der Waals surface area contributed by atoms with Crippen molar-refractivity contribution >= 4 is 17.2 Å². The fourth-order valence-corrected chi connectivity index (χ4v) is 1.48. The molecule has 0 spiro atoms. The summed E-state index contributed by atoms with van der Waals surface area (Å²) in [6, 6.07) is 1.82. The molecule has 0 atom stereocenters. The minimum Gasteiger partial charge on any atom is -0.196 e. The third-order valence-electron chi connectivity index (χ3n) is 1.95. The van der Waals surface area contributed by atoms with E-state index in [4.69, 9.17) is 11.6 Å². The molecule has 13 heavy (non-hydrogen) atoms. The summed E-state index contributed by atoms with van der Waals surface area (Å²) in [6.45, 7) is 3.90. The summed E-state index contributed by atoms with van der Waals surface area (Å²) in [5, 5.41) is 12.5. The van der Waals surface area contributed by atoms with Gasteiger partial charge in [0.15, 0.2) is 16.6 Å². The Morgan fingerprint density at radius 1 is 1.46 bits per heavy atom. The molecule has 2 heterocycles. The molecule has 0 saturated heterocycles. The molecule has 2 rings (SSSR count). The van der Waals surface area contributed by atoms with Crippen LogP contribution in [-0.2, 0) is 6.42 Å². The predicted octanol–water partition coefficient (Wildman–Crippen LogP) is 1.65. The number of rotatable bonds is 1. The Morgan fingerprint density at radius 3 is 2.92 bits per heavy atom. The van der Waals surface area contributed by atoms with Gasteiger partial charge < -0.3 is 0 Å². The highest BCUT2D eigenvalue weighted by Crippen LogP contribution is 2.13. The summed E-state index contributed by atoms with van der Waals surface area (Å²) >= 11 is 5.84. The van der Waals surface area contributed by atoms with E-state index < -0.39 is 0 Å². The van der Waals surface area contributed by atoms with Crippen molar-refractivity contribution in [2.75, 3.05) is 0 Å². The van der Waals surface area contributed by atoms with Gasteiger partial charge in [-0.25, -0.2) is 0 Å². The number of halogens is 1. The van der Waals surface area contributed by atoms with Gasteiger partial charge >= 0.3 is 0 Å². The molecular weight excluding hydrogens is 188 g/mol. The van der Waals surface area contributed by atoms with Gasteiger partial charge in [-0.05, 0) is 19.4 Å². The molecule has 0 unspecified atom stereocenters. The number of fused-ring (bicyclic) bond motifs is 1. The highest BCUT2D eigenvalue weighted by Gasteiger charge is 2.07. The maximum Gasteiger partial charge on any atom is 0.181 e. The van der Waals surface area contributed by atoms with Gasteiger partial charge in [0.2, 0.25) is 0 Å². The standard InChI is InChI=1S/C8H9ClN4/c1-3-6-4-7(9)12-13-5(2)10-11-8(6)13/h4H,3H2,1-2H3. The molecule has 2 aromatic heterocycles. The van der Waals surface area contributed by atoms with E-state index in [1.807, 2.05) is 13.0 Å². The van der Waals surface area contributed by atoms with Gasteiger partial charge in [0.1, 0.15) is 0 Å². The lowest BCUT2D eigenvalue weighted by Gasteiger charge is -1.99. The number of aryl methyl sites for hydroxylation is 2. The van der Waals surface area contributed by atoms with Crippen LogP contribution in [0.1, 0.15) is 18.3 Å². The second kappa shape index (κ2) is 2.96. The monoisotopic (exact) mass is 196 g/mol. The Morgan fingerprint density at radius 2 is 2.23 bits per heavy atom. The minimum atomic E-state index is 0.479. The quantitative estimate of drug-likeness (QED) is 0.697. The Hall–Kier alpha value is -1.16. The fraction of sp³-hybridized carbons (Fsp3) is 0.375. The summed E-state index contributed by atoms with van der Waals surface area (Å²) in [7, 11) is 0. The Labute approximate surface area is 80.5 Å². The molecule has 0 radical (unpaired) electrons. The smallest absolute Gasteiger partial charge is 0.181 e. The molecule has 5 heteroatoms. The van der Waals surface area contributed by atoms with E-state index in [9.17, 15) is 0 Å². The molecule has 0 amide bonds. The van der Waals surface area contributed by atoms with Crippen LogP contribution in [0.4, 0.5) is 0 Å². The second-order valence-corrected chi connectivity index (χ2v) is 3.22. The van der Waals surface area contributed by atoms with Crippen LogP contribution >= 0.6 is 11.6 Å². The first kappa shape index (κ1) is 8.44. The lowest BCUT2D eigenvalue weighted by atomic mass is 10.2. The summed E-state index contributed by atoms with van der Waals surface area (Å²) < 4.78 is 1.67. The van der Waals surface area contributed by atoms with Crippen LogP contribution in [0.5, 0.6) is 0 Å². The van der Waals surface area contributed by atoms with Gasteiger partial charge in [0.05, 0.1) is 0 Å². The first-order valence-corrected chi connectivity index (χ1v) is 4.47. The van der Waals surface area contributed by atoms with Crippen molar-refractivity contribution < 1.29 is 0 Å². The van der Waals surface area contributed by atoms with Crippen molar-refractivity contribution in [1.29, 1.82) is 0 Å². The molecule has 0 saturated carbocycles. The van der Waals surface area contributed by atoms with Gasteiger partial charge in [-0.2, -0.15) is 9.61 Å². The van der Waals surface area contributed by atoms with Gasteiger partial charge in [-0.3, -0.25) is 0 Å². The van der Waals surface area contributed by atoms with E-state index in [-0.39, 0.29) is 0 Å². The molecule has 0 aromatic carbocycles. The van der Waals surface area contributed by atoms with E-state index in [1.54, 1.807) is 4.52 Å². The third kappa shape index (κ3) is 1.27. The van der Waals surface area contributed by atoms with Crippen molar-refractivity contribution in [3.63, 3.8) is 0 Å². The Balaban J connectivity index is 2.84. The lowest BCUT2D eigenvalue weighted by molar-refractivity contribution is 0.866. The van der Waals surface area contributed by atoms with E-state index in [0.717, 1.165) is 23.5 Å². The van der Waals surface area contributed by atoms with Gasteiger partial charge in [0.25, 0.3) is 0 Å². The Kier molecular flexibility index (Phi) is 1.92. The summed E-state index contributed by atoms with van der Waals surface area (Å²) in [6.07, 6.45) is 0.879. The molecule has 0 fully saturated rings. The van der Waals surface area contributed by atoms with Crippen LogP contribution in [-0.4, -0.2) is 19.8 Å². The zero-order chi connectivity index (χ0) is 9.42. The highest BCUT2D eigenvalue weighted by atomic mass is 35.5. The van der Waals surface area contributed by atoms with Gasteiger partial charge in [0, 0.05) is 5.56 Å². The molecule has 0 aliphatic rings. The van der Waals surface area contributed by atoms with Crippen LogP contribution in [0.25, 0.3) is 5.65 Å². The van der Waals surface area contributed by atoms with E-state index in [0.29, 0.717) is 5.15 Å². The fourth-order valence-electron chi connectivity index (χ4n) is 1.27. The maximum atomic E-state index is 5.84. The number of nitrogens with zero attached hydrogens (tertiary/aromatic N) is 4. The summed E-state index contributed by atoms with van der Waals surface area (Å²) in [5.41, 5.74) is 1.87. The molecule has 68 valence electrons. The van der Waals surface area contributed by atoms with Crippen LogP contribution in [0.15, 0.2) is 6.07 Å². The SMILES string of the molecule is CCc1cc(Cl)nn2c(C)nnc12. The van der Waals surface area contributed by atoms with E-state index in [1.165, 1.54) is 0 Å². The largest absolute Gasteiger partial charge is 0.196 e. The van der Waals surface area contributed by atoms with Crippen molar-refractivity contribution in [3.8, 4) is 0 Å². The number of hydrogen-bond donors (Lipinski definition) is 0. The topological polar surface area (TPSA) is 43.1 Å². The van der Waals surface area contributed by atoms with E-state index >= 15 is 0 Å². The maximum absolute atomic E-state index is 5.84. The van der Waals surface area contributed by atoms with Gasteiger partial charge in [-0.1, -0.05) is 18.5 Å². The molecule has 2 aromatic rings. The van der Waals surface area contributed by atoms with Gasteiger partial charge in [-0.15, -0.1) is 10.2 Å². The normalized spacial score (nSPS) is 11.0. The summed E-state index contributed by atoms with van der Waals surface area (Å²) in [5.74, 6) is 0.757. The Bertz CT molecular complexity index is 449. The average molecular weight is 197 g/mol. The minimum absolute atomic E-state index is 0.479. The lowest BCUT2D eigenvalue weighted by Crippen LogP contribution is -1.98. The molecular formula is C8H9ClN4. The van der Waals surface area contributed by atoms with Crippen molar-refractivity contribution in [2.45, 2.75) is 20.3 Å². The van der Waals surface area contributed by atoms with Crippen molar-refractivity contribution in [3.05, 3.63) is 22.6 Å².